The predicted octanol–water partition coefficient (Wildman–Crippen LogP) is 2.64. The van der Waals surface area contributed by atoms with Gasteiger partial charge in [-0.3, -0.25) is 0 Å². The molecule has 1 N–H and O–H groups in total. The molecule has 98 valence electrons. The third kappa shape index (κ3) is 3.01. The van der Waals surface area contributed by atoms with Crippen LogP contribution in [0.1, 0.15) is 35.7 Å². The summed E-state index contributed by atoms with van der Waals surface area (Å²) >= 11 is 0. The second-order valence-corrected chi connectivity index (χ2v) is 4.74. The Morgan fingerprint density at radius 2 is 2.28 bits per heavy atom. The lowest BCUT2D eigenvalue weighted by atomic mass is 10.1. The van der Waals surface area contributed by atoms with Crippen LogP contribution in [0.25, 0.3) is 0 Å². The topological polar surface area (TPSA) is 55.8 Å². The average Bonchev–Trinajstić information content (AvgIpc) is 2.74. The number of carboxylic acid groups (broad SMARTS) is 1. The van der Waals surface area contributed by atoms with Crippen LogP contribution in [0, 0.1) is 6.92 Å². The molecular weight excluding hydrogens is 232 g/mol. The molecule has 18 heavy (non-hydrogen) atoms. The van der Waals surface area contributed by atoms with Gasteiger partial charge in [0, 0.05) is 0 Å². The fourth-order valence-corrected chi connectivity index (χ4v) is 2.08. The Hall–Kier alpha value is -1.55. The minimum Gasteiger partial charge on any atom is -0.491 e. The fourth-order valence-electron chi connectivity index (χ4n) is 2.08. The first kappa shape index (κ1) is 12.9. The quantitative estimate of drug-likeness (QED) is 0.892. The van der Waals surface area contributed by atoms with E-state index in [2.05, 4.69) is 6.92 Å². The second kappa shape index (κ2) is 5.40. The van der Waals surface area contributed by atoms with Crippen molar-refractivity contribution in [2.24, 2.45) is 0 Å². The minimum atomic E-state index is -0.939. The number of rotatable bonds is 4. The van der Waals surface area contributed by atoms with Crippen LogP contribution in [0.15, 0.2) is 18.2 Å². The van der Waals surface area contributed by atoms with E-state index < -0.39 is 5.97 Å². The van der Waals surface area contributed by atoms with Gasteiger partial charge < -0.3 is 14.6 Å². The van der Waals surface area contributed by atoms with E-state index in [4.69, 9.17) is 14.6 Å². The van der Waals surface area contributed by atoms with Gasteiger partial charge in [-0.1, -0.05) is 6.07 Å². The first-order chi connectivity index (χ1) is 8.56. The van der Waals surface area contributed by atoms with Gasteiger partial charge in [0.25, 0.3) is 0 Å². The smallest absolute Gasteiger partial charge is 0.335 e. The molecule has 4 nitrogen and oxygen atoms in total. The molecule has 1 aromatic carbocycles. The lowest BCUT2D eigenvalue weighted by Gasteiger charge is -2.14. The summed E-state index contributed by atoms with van der Waals surface area (Å²) in [5.41, 5.74) is 1.18. The van der Waals surface area contributed by atoms with Crippen molar-refractivity contribution in [1.29, 1.82) is 0 Å². The van der Waals surface area contributed by atoms with Crippen molar-refractivity contribution < 1.29 is 19.4 Å². The summed E-state index contributed by atoms with van der Waals surface area (Å²) in [6.45, 7) is 4.43. The summed E-state index contributed by atoms with van der Waals surface area (Å²) in [4.78, 5) is 10.9. The maximum atomic E-state index is 10.9. The Morgan fingerprint density at radius 3 is 2.89 bits per heavy atom. The molecule has 2 atom stereocenters. The molecule has 1 fully saturated rings. The summed E-state index contributed by atoms with van der Waals surface area (Å²) in [5.74, 6) is -0.316. The predicted molar refractivity (Wildman–Crippen MR) is 67.2 cm³/mol. The van der Waals surface area contributed by atoms with Gasteiger partial charge in [0.05, 0.1) is 17.8 Å². The van der Waals surface area contributed by atoms with Crippen molar-refractivity contribution in [3.63, 3.8) is 0 Å². The van der Waals surface area contributed by atoms with E-state index in [1.54, 1.807) is 18.2 Å². The monoisotopic (exact) mass is 250 g/mol. The molecular formula is C14H18O4. The Balaban J connectivity index is 2.00. The van der Waals surface area contributed by atoms with Gasteiger partial charge in [-0.15, -0.1) is 0 Å². The zero-order valence-electron chi connectivity index (χ0n) is 10.7. The molecule has 4 heteroatoms. The molecule has 1 saturated heterocycles. The number of aromatic carboxylic acids is 1. The number of carboxylic acids is 1. The molecule has 0 bridgehead atoms. The van der Waals surface area contributed by atoms with E-state index in [1.807, 2.05) is 6.92 Å². The third-order valence-electron chi connectivity index (χ3n) is 3.18. The summed E-state index contributed by atoms with van der Waals surface area (Å²) in [6.07, 6.45) is 2.47. The van der Waals surface area contributed by atoms with Crippen molar-refractivity contribution in [2.75, 3.05) is 6.61 Å². The lowest BCUT2D eigenvalue weighted by Crippen LogP contribution is -2.18. The highest BCUT2D eigenvalue weighted by molar-refractivity contribution is 5.88. The molecule has 0 aliphatic carbocycles. The van der Waals surface area contributed by atoms with E-state index in [1.165, 1.54) is 0 Å². The van der Waals surface area contributed by atoms with Crippen molar-refractivity contribution in [2.45, 2.75) is 38.9 Å². The van der Waals surface area contributed by atoms with E-state index in [0.717, 1.165) is 18.4 Å². The van der Waals surface area contributed by atoms with Crippen LogP contribution in [0.5, 0.6) is 5.75 Å². The van der Waals surface area contributed by atoms with Crippen LogP contribution in [0.4, 0.5) is 0 Å². The summed E-state index contributed by atoms with van der Waals surface area (Å²) in [5, 5.41) is 8.93. The normalized spacial score (nSPS) is 23.0. The zero-order chi connectivity index (χ0) is 13.1. The van der Waals surface area contributed by atoms with Crippen molar-refractivity contribution in [3.05, 3.63) is 29.3 Å². The first-order valence-electron chi connectivity index (χ1n) is 6.18. The van der Waals surface area contributed by atoms with Gasteiger partial charge in [-0.2, -0.15) is 0 Å². The van der Waals surface area contributed by atoms with Crippen LogP contribution >= 0.6 is 0 Å². The number of benzene rings is 1. The second-order valence-electron chi connectivity index (χ2n) is 4.74. The van der Waals surface area contributed by atoms with Crippen LogP contribution in [-0.4, -0.2) is 29.9 Å². The number of carbonyl (C=O) groups is 1. The Bertz CT molecular complexity index is 441. The molecule has 0 saturated carbocycles. The summed E-state index contributed by atoms with van der Waals surface area (Å²) < 4.78 is 11.3. The van der Waals surface area contributed by atoms with Gasteiger partial charge in [-0.25, -0.2) is 4.79 Å². The molecule has 1 aromatic rings. The van der Waals surface area contributed by atoms with E-state index in [-0.39, 0.29) is 11.7 Å². The van der Waals surface area contributed by atoms with Crippen LogP contribution < -0.4 is 4.74 Å². The molecule has 2 unspecified atom stereocenters. The van der Waals surface area contributed by atoms with Gasteiger partial charge in [0.15, 0.2) is 0 Å². The average molecular weight is 250 g/mol. The van der Waals surface area contributed by atoms with Gasteiger partial charge in [0.2, 0.25) is 0 Å². The molecule has 2 rings (SSSR count). The van der Waals surface area contributed by atoms with Gasteiger partial charge in [-0.05, 0) is 44.4 Å². The Labute approximate surface area is 107 Å². The number of aryl methyl sites for hydroxylation is 1. The fraction of sp³-hybridized carbons (Fsp3) is 0.500. The molecule has 0 aromatic heterocycles. The minimum absolute atomic E-state index is 0.118. The highest BCUT2D eigenvalue weighted by Crippen LogP contribution is 2.23. The maximum absolute atomic E-state index is 10.9. The molecule has 0 amide bonds. The lowest BCUT2D eigenvalue weighted by molar-refractivity contribution is 0.0263. The number of hydrogen-bond donors (Lipinski definition) is 1. The third-order valence-corrected chi connectivity index (χ3v) is 3.18. The Kier molecular flexibility index (Phi) is 3.87. The maximum Gasteiger partial charge on any atom is 0.335 e. The largest absolute Gasteiger partial charge is 0.491 e. The SMILES string of the molecule is Cc1ccc(C(=O)O)cc1OCC1CCC(C)O1. The molecule has 1 aliphatic heterocycles. The molecule has 1 aliphatic rings. The number of ether oxygens (including phenoxy) is 2. The Morgan fingerprint density at radius 1 is 1.50 bits per heavy atom. The van der Waals surface area contributed by atoms with Crippen LogP contribution in [0.3, 0.4) is 0 Å². The highest BCUT2D eigenvalue weighted by atomic mass is 16.5. The number of hydrogen-bond acceptors (Lipinski definition) is 3. The highest BCUT2D eigenvalue weighted by Gasteiger charge is 2.22. The first-order valence-corrected chi connectivity index (χ1v) is 6.18. The van der Waals surface area contributed by atoms with E-state index in [0.29, 0.717) is 18.5 Å². The molecule has 0 radical (unpaired) electrons. The van der Waals surface area contributed by atoms with Crippen molar-refractivity contribution >= 4 is 5.97 Å². The van der Waals surface area contributed by atoms with Crippen molar-refractivity contribution in [3.8, 4) is 5.75 Å². The van der Waals surface area contributed by atoms with Crippen molar-refractivity contribution in [1.82, 2.24) is 0 Å². The van der Waals surface area contributed by atoms with Crippen LogP contribution in [0.2, 0.25) is 0 Å². The van der Waals surface area contributed by atoms with Gasteiger partial charge >= 0.3 is 5.97 Å². The summed E-state index contributed by atoms with van der Waals surface area (Å²) in [7, 11) is 0. The zero-order valence-corrected chi connectivity index (χ0v) is 10.7. The van der Waals surface area contributed by atoms with Crippen LogP contribution in [-0.2, 0) is 4.74 Å². The van der Waals surface area contributed by atoms with Gasteiger partial charge in [0.1, 0.15) is 12.4 Å². The van der Waals surface area contributed by atoms with E-state index in [9.17, 15) is 4.79 Å². The molecule has 1 heterocycles. The summed E-state index contributed by atoms with van der Waals surface area (Å²) in [6, 6.07) is 4.91. The van der Waals surface area contributed by atoms with E-state index >= 15 is 0 Å². The molecule has 0 spiro atoms. The standard InChI is InChI=1S/C14H18O4/c1-9-3-5-11(14(15)16)7-13(9)17-8-12-6-4-10(2)18-12/h3,5,7,10,12H,4,6,8H2,1-2H3,(H,15,16).